The van der Waals surface area contributed by atoms with Crippen LogP contribution in [-0.4, -0.2) is 30.4 Å². The summed E-state index contributed by atoms with van der Waals surface area (Å²) >= 11 is 3.12. The van der Waals surface area contributed by atoms with Gasteiger partial charge in [-0.1, -0.05) is 0 Å². The average molecular weight is 344 g/mol. The highest BCUT2D eigenvalue weighted by molar-refractivity contribution is 9.10. The second-order valence-electron chi connectivity index (χ2n) is 3.44. The first kappa shape index (κ1) is 13.7. The molecule has 0 aliphatic heterocycles. The van der Waals surface area contributed by atoms with Gasteiger partial charge in [-0.3, -0.25) is 4.72 Å². The molecule has 0 bridgehead atoms. The molecule has 7 nitrogen and oxygen atoms in total. The summed E-state index contributed by atoms with van der Waals surface area (Å²) in [6.45, 7) is 0. The molecule has 100 valence electrons. The first-order chi connectivity index (χ1) is 9.03. The molecule has 0 amide bonds. The Morgan fingerprint density at radius 2 is 2.00 bits per heavy atom. The predicted molar refractivity (Wildman–Crippen MR) is 74.3 cm³/mol. The quantitative estimate of drug-likeness (QED) is 0.872. The highest BCUT2D eigenvalue weighted by Gasteiger charge is 2.20. The van der Waals surface area contributed by atoms with Crippen molar-refractivity contribution in [1.82, 2.24) is 15.0 Å². The molecular weight excluding hydrogens is 334 g/mol. The highest BCUT2D eigenvalue weighted by Crippen LogP contribution is 2.19. The van der Waals surface area contributed by atoms with Crippen molar-refractivity contribution in [1.29, 1.82) is 0 Å². The third kappa shape index (κ3) is 3.18. The topological polar surface area (TPSA) is 96.9 Å². The molecule has 0 radical (unpaired) electrons. The molecule has 2 aromatic rings. The Bertz CT molecular complexity index is 675. The zero-order chi connectivity index (χ0) is 13.9. The molecular formula is C10H10BrN5O2S. The standard InChI is InChI=1S/C10H10BrN5O2S/c1-12-7-3-2-4-13-10(7)19(17,18)16-9-6-14-8(11)5-15-9/h2-6,12H,1H3,(H,15,16). The SMILES string of the molecule is CNc1cccnc1S(=O)(=O)Nc1cnc(Br)cn1. The first-order valence-electron chi connectivity index (χ1n) is 5.16. The van der Waals surface area contributed by atoms with E-state index in [1.165, 1.54) is 18.6 Å². The third-order valence-corrected chi connectivity index (χ3v) is 3.88. The lowest BCUT2D eigenvalue weighted by atomic mass is 10.4. The number of sulfonamides is 1. The van der Waals surface area contributed by atoms with Gasteiger partial charge in [-0.25, -0.2) is 15.0 Å². The number of anilines is 2. The Kier molecular flexibility index (Phi) is 3.96. The van der Waals surface area contributed by atoms with E-state index in [1.54, 1.807) is 19.2 Å². The monoisotopic (exact) mass is 343 g/mol. The van der Waals surface area contributed by atoms with Gasteiger partial charge in [0.15, 0.2) is 10.8 Å². The van der Waals surface area contributed by atoms with Crippen molar-refractivity contribution in [2.45, 2.75) is 5.03 Å². The van der Waals surface area contributed by atoms with Crippen molar-refractivity contribution in [3.63, 3.8) is 0 Å². The maximum Gasteiger partial charge on any atom is 0.282 e. The Hall–Kier alpha value is -1.74. The molecule has 0 saturated carbocycles. The van der Waals surface area contributed by atoms with Gasteiger partial charge in [0.1, 0.15) is 4.60 Å². The van der Waals surface area contributed by atoms with Crippen LogP contribution in [0.25, 0.3) is 0 Å². The molecule has 0 fully saturated rings. The molecule has 0 aliphatic carbocycles. The minimum absolute atomic E-state index is 0.0952. The summed E-state index contributed by atoms with van der Waals surface area (Å²) in [4.78, 5) is 11.7. The maximum atomic E-state index is 12.2. The predicted octanol–water partition coefficient (Wildman–Crippen LogP) is 1.48. The van der Waals surface area contributed by atoms with Crippen molar-refractivity contribution < 1.29 is 8.42 Å². The van der Waals surface area contributed by atoms with Gasteiger partial charge in [-0.15, -0.1) is 0 Å². The van der Waals surface area contributed by atoms with Gasteiger partial charge < -0.3 is 5.32 Å². The van der Waals surface area contributed by atoms with Crippen LogP contribution in [0.1, 0.15) is 0 Å². The second-order valence-corrected chi connectivity index (χ2v) is 5.85. The Morgan fingerprint density at radius 1 is 1.21 bits per heavy atom. The van der Waals surface area contributed by atoms with Gasteiger partial charge >= 0.3 is 0 Å². The third-order valence-electron chi connectivity index (χ3n) is 2.15. The molecule has 2 N–H and O–H groups in total. The summed E-state index contributed by atoms with van der Waals surface area (Å²) in [5, 5.41) is 2.68. The summed E-state index contributed by atoms with van der Waals surface area (Å²) in [6.07, 6.45) is 4.11. The van der Waals surface area contributed by atoms with Crippen LogP contribution < -0.4 is 10.0 Å². The van der Waals surface area contributed by atoms with Crippen molar-refractivity contribution in [2.24, 2.45) is 0 Å². The fraction of sp³-hybridized carbons (Fsp3) is 0.100. The van der Waals surface area contributed by atoms with Crippen LogP contribution in [0.2, 0.25) is 0 Å². The molecule has 19 heavy (non-hydrogen) atoms. The molecule has 2 heterocycles. The number of pyridine rings is 1. The van der Waals surface area contributed by atoms with E-state index in [9.17, 15) is 8.42 Å². The molecule has 2 aromatic heterocycles. The summed E-state index contributed by atoms with van der Waals surface area (Å²) < 4.78 is 27.2. The van der Waals surface area contributed by atoms with Crippen LogP contribution in [0.4, 0.5) is 11.5 Å². The Morgan fingerprint density at radius 3 is 2.63 bits per heavy atom. The van der Waals surface area contributed by atoms with Crippen LogP contribution in [0, 0.1) is 0 Å². The molecule has 0 atom stereocenters. The Labute approximate surface area is 118 Å². The Balaban J connectivity index is 2.35. The second kappa shape index (κ2) is 5.49. The largest absolute Gasteiger partial charge is 0.386 e. The summed E-state index contributed by atoms with van der Waals surface area (Å²) in [7, 11) is -2.19. The van der Waals surface area contributed by atoms with E-state index in [-0.39, 0.29) is 10.8 Å². The van der Waals surface area contributed by atoms with Gasteiger partial charge in [0.2, 0.25) is 0 Å². The molecule has 2 rings (SSSR count). The summed E-state index contributed by atoms with van der Waals surface area (Å²) in [6, 6.07) is 3.26. The summed E-state index contributed by atoms with van der Waals surface area (Å²) in [5.74, 6) is 0.121. The van der Waals surface area contributed by atoms with Crippen LogP contribution in [-0.2, 0) is 10.0 Å². The minimum Gasteiger partial charge on any atom is -0.386 e. The lowest BCUT2D eigenvalue weighted by Crippen LogP contribution is -2.17. The van der Waals surface area contributed by atoms with Crippen molar-refractivity contribution in [2.75, 3.05) is 17.1 Å². The summed E-state index contributed by atoms with van der Waals surface area (Å²) in [5.41, 5.74) is 0.403. The smallest absolute Gasteiger partial charge is 0.282 e. The lowest BCUT2D eigenvalue weighted by Gasteiger charge is -2.09. The number of nitrogens with one attached hydrogen (secondary N) is 2. The van der Waals surface area contributed by atoms with E-state index in [4.69, 9.17) is 0 Å². The number of hydrogen-bond acceptors (Lipinski definition) is 6. The minimum atomic E-state index is -3.81. The molecule has 0 aromatic carbocycles. The average Bonchev–Trinajstić information content (AvgIpc) is 2.41. The fourth-order valence-electron chi connectivity index (χ4n) is 1.35. The van der Waals surface area contributed by atoms with Gasteiger partial charge in [0.05, 0.1) is 18.1 Å². The fourth-order valence-corrected chi connectivity index (χ4v) is 2.69. The van der Waals surface area contributed by atoms with Crippen molar-refractivity contribution in [3.05, 3.63) is 35.3 Å². The first-order valence-corrected chi connectivity index (χ1v) is 7.43. The molecule has 9 heteroatoms. The van der Waals surface area contributed by atoms with E-state index < -0.39 is 10.0 Å². The van der Waals surface area contributed by atoms with Crippen LogP contribution in [0.3, 0.4) is 0 Å². The number of halogens is 1. The van der Waals surface area contributed by atoms with Crippen molar-refractivity contribution >= 4 is 37.5 Å². The molecule has 0 aliphatic rings. The van der Waals surface area contributed by atoms with Crippen LogP contribution >= 0.6 is 15.9 Å². The van der Waals surface area contributed by atoms with E-state index in [2.05, 4.69) is 40.9 Å². The van der Waals surface area contributed by atoms with E-state index in [1.807, 2.05) is 0 Å². The van der Waals surface area contributed by atoms with E-state index in [0.29, 0.717) is 10.3 Å². The zero-order valence-corrected chi connectivity index (χ0v) is 12.2. The molecule has 0 unspecified atom stereocenters. The number of hydrogen-bond donors (Lipinski definition) is 2. The number of nitrogens with zero attached hydrogens (tertiary/aromatic N) is 3. The van der Waals surface area contributed by atoms with Crippen LogP contribution in [0.15, 0.2) is 40.4 Å². The van der Waals surface area contributed by atoms with Gasteiger partial charge in [0.25, 0.3) is 10.0 Å². The van der Waals surface area contributed by atoms with Gasteiger partial charge in [-0.2, -0.15) is 8.42 Å². The molecule has 0 spiro atoms. The van der Waals surface area contributed by atoms with Crippen LogP contribution in [0.5, 0.6) is 0 Å². The molecule has 0 saturated heterocycles. The van der Waals surface area contributed by atoms with Gasteiger partial charge in [-0.05, 0) is 28.1 Å². The number of aromatic nitrogens is 3. The van der Waals surface area contributed by atoms with Gasteiger partial charge in [0, 0.05) is 13.2 Å². The highest BCUT2D eigenvalue weighted by atomic mass is 79.9. The van der Waals surface area contributed by atoms with Crippen molar-refractivity contribution in [3.8, 4) is 0 Å². The zero-order valence-electron chi connectivity index (χ0n) is 9.83. The van der Waals surface area contributed by atoms with E-state index >= 15 is 0 Å². The maximum absolute atomic E-state index is 12.2. The number of rotatable bonds is 4. The van der Waals surface area contributed by atoms with E-state index in [0.717, 1.165) is 0 Å². The normalized spacial score (nSPS) is 11.1. The lowest BCUT2D eigenvalue weighted by molar-refractivity contribution is 0.598.